The zero-order chi connectivity index (χ0) is 22.0. The molecule has 3 N–H and O–H groups in total. The molecule has 0 unspecified atom stereocenters. The maximum absolute atomic E-state index is 13.1. The highest BCUT2D eigenvalue weighted by molar-refractivity contribution is 7.89. The first kappa shape index (κ1) is 20.7. The summed E-state index contributed by atoms with van der Waals surface area (Å²) in [4.78, 5) is 17.8. The lowest BCUT2D eigenvalue weighted by Gasteiger charge is -2.12. The number of hydrogen-bond donors (Lipinski definition) is 2. The zero-order valence-corrected chi connectivity index (χ0v) is 17.7. The molecular formula is C24H21N3O3S. The van der Waals surface area contributed by atoms with Crippen LogP contribution in [0.3, 0.4) is 0 Å². The summed E-state index contributed by atoms with van der Waals surface area (Å²) in [7, 11) is -3.89. The molecular weight excluding hydrogens is 410 g/mol. The van der Waals surface area contributed by atoms with E-state index in [4.69, 9.17) is 10.1 Å². The van der Waals surface area contributed by atoms with Gasteiger partial charge in [0.25, 0.3) is 5.91 Å². The van der Waals surface area contributed by atoms with E-state index in [2.05, 4.69) is 5.32 Å². The third kappa shape index (κ3) is 4.47. The Morgan fingerprint density at radius 2 is 1.65 bits per heavy atom. The van der Waals surface area contributed by atoms with Gasteiger partial charge in [-0.25, -0.2) is 18.5 Å². The van der Waals surface area contributed by atoms with Crippen molar-refractivity contribution in [3.05, 3.63) is 95.6 Å². The molecule has 1 aromatic heterocycles. The van der Waals surface area contributed by atoms with Gasteiger partial charge in [-0.1, -0.05) is 66.2 Å². The number of aryl methyl sites for hydroxylation is 1. The van der Waals surface area contributed by atoms with Crippen LogP contribution in [0.4, 0.5) is 0 Å². The van der Waals surface area contributed by atoms with Crippen LogP contribution in [0.2, 0.25) is 0 Å². The molecule has 31 heavy (non-hydrogen) atoms. The van der Waals surface area contributed by atoms with Gasteiger partial charge in [-0.3, -0.25) is 4.79 Å². The third-order valence-electron chi connectivity index (χ3n) is 5.03. The molecule has 0 spiro atoms. The van der Waals surface area contributed by atoms with Gasteiger partial charge in [-0.05, 0) is 30.7 Å². The van der Waals surface area contributed by atoms with Crippen molar-refractivity contribution >= 4 is 26.8 Å². The monoisotopic (exact) mass is 431 g/mol. The van der Waals surface area contributed by atoms with Gasteiger partial charge >= 0.3 is 0 Å². The number of pyridine rings is 1. The number of sulfonamides is 1. The molecule has 0 aliphatic heterocycles. The fraction of sp³-hybridized carbons (Fsp3) is 0.0833. The quantitative estimate of drug-likeness (QED) is 0.502. The standard InChI is InChI=1S/C24H21N3O3S/c1-16-10-12-17(13-11-16)22-14-20(19-7-3-4-8-21(19)27-22)24(28)26-15-18-6-2-5-9-23(18)31(25,29)30/h2-14H,15H2,1H3,(H,26,28)(H2,25,29,30). The van der Waals surface area contributed by atoms with Crippen LogP contribution >= 0.6 is 0 Å². The Labute approximate surface area is 180 Å². The van der Waals surface area contributed by atoms with Crippen LogP contribution in [0.1, 0.15) is 21.5 Å². The molecule has 6 nitrogen and oxygen atoms in total. The number of carbonyl (C=O) groups excluding carboxylic acids is 1. The summed E-state index contributed by atoms with van der Waals surface area (Å²) in [6.45, 7) is 2.04. The molecule has 7 heteroatoms. The normalized spacial score (nSPS) is 11.4. The second-order valence-corrected chi connectivity index (χ2v) is 8.80. The van der Waals surface area contributed by atoms with Crippen molar-refractivity contribution < 1.29 is 13.2 Å². The molecule has 0 fully saturated rings. The molecule has 1 heterocycles. The molecule has 0 aliphatic carbocycles. The lowest BCUT2D eigenvalue weighted by Crippen LogP contribution is -2.25. The smallest absolute Gasteiger partial charge is 0.252 e. The summed E-state index contributed by atoms with van der Waals surface area (Å²) in [6, 6.07) is 23.5. The van der Waals surface area contributed by atoms with Crippen molar-refractivity contribution in [3.8, 4) is 11.3 Å². The van der Waals surface area contributed by atoms with E-state index >= 15 is 0 Å². The average Bonchev–Trinajstić information content (AvgIpc) is 2.77. The van der Waals surface area contributed by atoms with Crippen LogP contribution in [0.25, 0.3) is 22.2 Å². The minimum atomic E-state index is -3.89. The Kier molecular flexibility index (Phi) is 5.54. The predicted molar refractivity (Wildman–Crippen MR) is 121 cm³/mol. The van der Waals surface area contributed by atoms with Crippen LogP contribution in [-0.4, -0.2) is 19.3 Å². The summed E-state index contributed by atoms with van der Waals surface area (Å²) >= 11 is 0. The molecule has 156 valence electrons. The van der Waals surface area contributed by atoms with Crippen molar-refractivity contribution in [1.82, 2.24) is 10.3 Å². The fourth-order valence-electron chi connectivity index (χ4n) is 3.43. The molecule has 1 amide bonds. The summed E-state index contributed by atoms with van der Waals surface area (Å²) in [5.41, 5.74) is 4.33. The van der Waals surface area contributed by atoms with Gasteiger partial charge in [0.1, 0.15) is 0 Å². The van der Waals surface area contributed by atoms with E-state index in [-0.39, 0.29) is 17.3 Å². The number of nitrogens with one attached hydrogen (secondary N) is 1. The third-order valence-corrected chi connectivity index (χ3v) is 6.04. The van der Waals surface area contributed by atoms with Gasteiger partial charge in [-0.15, -0.1) is 0 Å². The Bertz CT molecular complexity index is 1380. The molecule has 0 bridgehead atoms. The van der Waals surface area contributed by atoms with E-state index in [1.54, 1.807) is 24.3 Å². The summed E-state index contributed by atoms with van der Waals surface area (Å²) in [5.74, 6) is -0.323. The SMILES string of the molecule is Cc1ccc(-c2cc(C(=O)NCc3ccccc3S(N)(=O)=O)c3ccccc3n2)cc1. The molecule has 4 aromatic rings. The van der Waals surface area contributed by atoms with Crippen LogP contribution in [0.5, 0.6) is 0 Å². The molecule has 0 atom stereocenters. The van der Waals surface area contributed by atoms with Crippen molar-refractivity contribution in [3.63, 3.8) is 0 Å². The largest absolute Gasteiger partial charge is 0.348 e. The van der Waals surface area contributed by atoms with E-state index in [9.17, 15) is 13.2 Å². The number of nitrogens with zero attached hydrogens (tertiary/aromatic N) is 1. The number of primary sulfonamides is 1. The average molecular weight is 432 g/mol. The highest BCUT2D eigenvalue weighted by atomic mass is 32.2. The summed E-state index contributed by atoms with van der Waals surface area (Å²) in [5, 5.41) is 8.83. The van der Waals surface area contributed by atoms with Crippen molar-refractivity contribution in [2.45, 2.75) is 18.4 Å². The van der Waals surface area contributed by atoms with E-state index < -0.39 is 10.0 Å². The molecule has 3 aromatic carbocycles. The first-order valence-electron chi connectivity index (χ1n) is 9.69. The number of carbonyl (C=O) groups is 1. The predicted octanol–water partition coefficient (Wildman–Crippen LogP) is 3.79. The first-order chi connectivity index (χ1) is 14.8. The molecule has 0 saturated heterocycles. The van der Waals surface area contributed by atoms with Crippen molar-refractivity contribution in [2.24, 2.45) is 5.14 Å². The maximum atomic E-state index is 13.1. The van der Waals surface area contributed by atoms with Crippen molar-refractivity contribution in [2.75, 3.05) is 0 Å². The molecule has 0 aliphatic rings. The second kappa shape index (κ2) is 8.29. The van der Waals surface area contributed by atoms with E-state index in [1.165, 1.54) is 6.07 Å². The summed E-state index contributed by atoms with van der Waals surface area (Å²) in [6.07, 6.45) is 0. The lowest BCUT2D eigenvalue weighted by atomic mass is 10.0. The lowest BCUT2D eigenvalue weighted by molar-refractivity contribution is 0.0952. The summed E-state index contributed by atoms with van der Waals surface area (Å²) < 4.78 is 23.7. The first-order valence-corrected chi connectivity index (χ1v) is 11.2. The number of aromatic nitrogens is 1. The number of hydrogen-bond acceptors (Lipinski definition) is 4. The number of para-hydroxylation sites is 1. The minimum Gasteiger partial charge on any atom is -0.348 e. The van der Waals surface area contributed by atoms with Crippen molar-refractivity contribution in [1.29, 1.82) is 0 Å². The van der Waals surface area contributed by atoms with Gasteiger partial charge in [0.15, 0.2) is 0 Å². The maximum Gasteiger partial charge on any atom is 0.252 e. The van der Waals surface area contributed by atoms with Gasteiger partial charge in [0.05, 0.1) is 21.7 Å². The van der Waals surface area contributed by atoms with E-state index in [1.807, 2.05) is 55.5 Å². The molecule has 0 radical (unpaired) electrons. The van der Waals surface area contributed by atoms with Gasteiger partial charge in [0, 0.05) is 17.5 Å². The Hall–Kier alpha value is -3.55. The fourth-order valence-corrected chi connectivity index (χ4v) is 4.21. The minimum absolute atomic E-state index is 0.00442. The zero-order valence-electron chi connectivity index (χ0n) is 16.9. The Morgan fingerprint density at radius 1 is 0.968 bits per heavy atom. The van der Waals surface area contributed by atoms with Crippen LogP contribution in [0.15, 0.2) is 83.8 Å². The van der Waals surface area contributed by atoms with E-state index in [0.29, 0.717) is 22.3 Å². The van der Waals surface area contributed by atoms with E-state index in [0.717, 1.165) is 16.5 Å². The van der Waals surface area contributed by atoms with Gasteiger partial charge in [0.2, 0.25) is 10.0 Å². The second-order valence-electron chi connectivity index (χ2n) is 7.27. The van der Waals surface area contributed by atoms with Crippen LogP contribution in [0, 0.1) is 6.92 Å². The van der Waals surface area contributed by atoms with Crippen LogP contribution < -0.4 is 10.5 Å². The van der Waals surface area contributed by atoms with Crippen LogP contribution in [-0.2, 0) is 16.6 Å². The number of nitrogens with two attached hydrogens (primary N) is 1. The van der Waals surface area contributed by atoms with Gasteiger partial charge < -0.3 is 5.32 Å². The molecule has 0 saturated carbocycles. The Balaban J connectivity index is 1.71. The number of amides is 1. The number of rotatable bonds is 5. The number of benzene rings is 3. The highest BCUT2D eigenvalue weighted by Crippen LogP contribution is 2.25. The topological polar surface area (TPSA) is 102 Å². The number of fused-ring (bicyclic) bond motifs is 1. The Morgan fingerprint density at radius 3 is 2.39 bits per heavy atom. The molecule has 4 rings (SSSR count). The van der Waals surface area contributed by atoms with Gasteiger partial charge in [-0.2, -0.15) is 0 Å². The highest BCUT2D eigenvalue weighted by Gasteiger charge is 2.17.